The maximum absolute atomic E-state index is 13.0. The third-order valence-electron chi connectivity index (χ3n) is 4.35. The third-order valence-corrected chi connectivity index (χ3v) is 5.92. The van der Waals surface area contributed by atoms with Crippen molar-refractivity contribution in [2.45, 2.75) is 19.4 Å². The molecule has 7 heteroatoms. The van der Waals surface area contributed by atoms with Gasteiger partial charge in [-0.15, -0.1) is 16.4 Å². The Bertz CT molecular complexity index is 1060. The number of rotatable bonds is 5. The first-order chi connectivity index (χ1) is 13.1. The predicted molar refractivity (Wildman–Crippen MR) is 108 cm³/mol. The lowest BCUT2D eigenvalue weighted by Gasteiger charge is -2.13. The Morgan fingerprint density at radius 2 is 1.89 bits per heavy atom. The van der Waals surface area contributed by atoms with Gasteiger partial charge in [0, 0.05) is 16.3 Å². The maximum atomic E-state index is 13.0. The van der Waals surface area contributed by atoms with Gasteiger partial charge in [0.2, 0.25) is 0 Å². The van der Waals surface area contributed by atoms with E-state index in [0.717, 1.165) is 32.0 Å². The SMILES string of the molecule is C[C@H](c1ccccc1Br)n1cc(-c2csc(Cc3ccc(F)cc3)n2)nn1. The lowest BCUT2D eigenvalue weighted by molar-refractivity contribution is 0.541. The van der Waals surface area contributed by atoms with Crippen molar-refractivity contribution in [1.29, 1.82) is 0 Å². The first-order valence-corrected chi connectivity index (χ1v) is 10.1. The molecule has 4 nitrogen and oxygen atoms in total. The molecule has 0 spiro atoms. The molecule has 0 N–H and O–H groups in total. The highest BCUT2D eigenvalue weighted by Gasteiger charge is 2.15. The molecule has 0 saturated carbocycles. The minimum Gasteiger partial charge on any atom is -0.245 e. The van der Waals surface area contributed by atoms with E-state index < -0.39 is 0 Å². The summed E-state index contributed by atoms with van der Waals surface area (Å²) in [5.74, 6) is -0.227. The molecule has 0 unspecified atom stereocenters. The van der Waals surface area contributed by atoms with Gasteiger partial charge < -0.3 is 0 Å². The van der Waals surface area contributed by atoms with Gasteiger partial charge in [-0.05, 0) is 36.2 Å². The van der Waals surface area contributed by atoms with E-state index in [-0.39, 0.29) is 11.9 Å². The van der Waals surface area contributed by atoms with E-state index in [9.17, 15) is 4.39 Å². The maximum Gasteiger partial charge on any atom is 0.132 e. The minimum atomic E-state index is -0.227. The molecular weight excluding hydrogens is 427 g/mol. The second-order valence-corrected chi connectivity index (χ2v) is 8.01. The molecule has 2 aromatic carbocycles. The van der Waals surface area contributed by atoms with E-state index >= 15 is 0 Å². The van der Waals surface area contributed by atoms with Crippen molar-refractivity contribution < 1.29 is 4.39 Å². The van der Waals surface area contributed by atoms with Crippen molar-refractivity contribution in [3.63, 3.8) is 0 Å². The smallest absolute Gasteiger partial charge is 0.132 e. The molecule has 0 radical (unpaired) electrons. The van der Waals surface area contributed by atoms with Gasteiger partial charge in [0.05, 0.1) is 17.2 Å². The van der Waals surface area contributed by atoms with Crippen LogP contribution in [-0.4, -0.2) is 20.0 Å². The summed E-state index contributed by atoms with van der Waals surface area (Å²) in [5, 5.41) is 11.5. The summed E-state index contributed by atoms with van der Waals surface area (Å²) in [6, 6.07) is 14.7. The second kappa shape index (κ2) is 7.70. The summed E-state index contributed by atoms with van der Waals surface area (Å²) in [5.41, 5.74) is 3.73. The van der Waals surface area contributed by atoms with E-state index in [1.54, 1.807) is 23.5 Å². The summed E-state index contributed by atoms with van der Waals surface area (Å²) in [7, 11) is 0. The van der Waals surface area contributed by atoms with Crippen molar-refractivity contribution in [1.82, 2.24) is 20.0 Å². The van der Waals surface area contributed by atoms with Crippen LogP contribution in [0.5, 0.6) is 0 Å². The number of hydrogen-bond donors (Lipinski definition) is 0. The molecule has 0 saturated heterocycles. The predicted octanol–water partition coefficient (Wildman–Crippen LogP) is 5.50. The van der Waals surface area contributed by atoms with Crippen LogP contribution in [0.15, 0.2) is 64.6 Å². The monoisotopic (exact) mass is 442 g/mol. The Morgan fingerprint density at radius 1 is 1.11 bits per heavy atom. The van der Waals surface area contributed by atoms with Crippen molar-refractivity contribution in [2.24, 2.45) is 0 Å². The fourth-order valence-corrected chi connectivity index (χ4v) is 4.26. The van der Waals surface area contributed by atoms with Gasteiger partial charge in [0.15, 0.2) is 0 Å². The Morgan fingerprint density at radius 3 is 2.67 bits per heavy atom. The summed E-state index contributed by atoms with van der Waals surface area (Å²) in [4.78, 5) is 4.66. The molecular formula is C20H16BrFN4S. The minimum absolute atomic E-state index is 0.0548. The fourth-order valence-electron chi connectivity index (χ4n) is 2.83. The van der Waals surface area contributed by atoms with Crippen LogP contribution in [0.25, 0.3) is 11.4 Å². The zero-order chi connectivity index (χ0) is 18.8. The van der Waals surface area contributed by atoms with Crippen LogP contribution in [0.3, 0.4) is 0 Å². The van der Waals surface area contributed by atoms with Crippen LogP contribution in [-0.2, 0) is 6.42 Å². The first-order valence-electron chi connectivity index (χ1n) is 8.45. The molecule has 0 amide bonds. The highest BCUT2D eigenvalue weighted by molar-refractivity contribution is 9.10. The molecule has 0 fully saturated rings. The lowest BCUT2D eigenvalue weighted by Crippen LogP contribution is -2.08. The molecule has 27 heavy (non-hydrogen) atoms. The van der Waals surface area contributed by atoms with E-state index in [1.165, 1.54) is 12.1 Å². The molecule has 4 aromatic rings. The Labute approximate surface area is 168 Å². The number of halogens is 2. The standard InChI is InChI=1S/C20H16BrFN4S/c1-13(16-4-2-3-5-17(16)21)26-11-18(24-25-26)19-12-27-20(23-19)10-14-6-8-15(22)9-7-14/h2-9,11-13H,10H2,1H3/t13-/m1/s1. The lowest BCUT2D eigenvalue weighted by atomic mass is 10.1. The van der Waals surface area contributed by atoms with E-state index in [0.29, 0.717) is 6.42 Å². The van der Waals surface area contributed by atoms with Crippen molar-refractivity contribution in [2.75, 3.05) is 0 Å². The van der Waals surface area contributed by atoms with Gasteiger partial charge >= 0.3 is 0 Å². The van der Waals surface area contributed by atoms with Crippen molar-refractivity contribution in [3.05, 3.63) is 86.5 Å². The molecule has 0 bridgehead atoms. The quantitative estimate of drug-likeness (QED) is 0.409. The highest BCUT2D eigenvalue weighted by Crippen LogP contribution is 2.27. The normalized spacial score (nSPS) is 12.3. The number of aromatic nitrogens is 4. The van der Waals surface area contributed by atoms with Crippen LogP contribution < -0.4 is 0 Å². The Hall–Kier alpha value is -2.38. The molecule has 2 heterocycles. The average molecular weight is 443 g/mol. The third kappa shape index (κ3) is 3.99. The molecule has 136 valence electrons. The Balaban J connectivity index is 1.53. The summed E-state index contributed by atoms with van der Waals surface area (Å²) in [6.07, 6.45) is 2.59. The van der Waals surface area contributed by atoms with Crippen LogP contribution in [0.4, 0.5) is 4.39 Å². The van der Waals surface area contributed by atoms with Gasteiger partial charge in [-0.3, -0.25) is 0 Å². The molecule has 1 atom stereocenters. The van der Waals surface area contributed by atoms with E-state index in [1.807, 2.05) is 34.5 Å². The largest absolute Gasteiger partial charge is 0.245 e. The van der Waals surface area contributed by atoms with Crippen LogP contribution >= 0.6 is 27.3 Å². The molecule has 4 rings (SSSR count). The topological polar surface area (TPSA) is 43.6 Å². The van der Waals surface area contributed by atoms with Gasteiger partial charge in [-0.2, -0.15) is 0 Å². The summed E-state index contributed by atoms with van der Waals surface area (Å²) < 4.78 is 15.9. The second-order valence-electron chi connectivity index (χ2n) is 6.21. The number of hydrogen-bond acceptors (Lipinski definition) is 4. The van der Waals surface area contributed by atoms with Gasteiger partial charge in [0.1, 0.15) is 17.2 Å². The zero-order valence-electron chi connectivity index (χ0n) is 14.5. The van der Waals surface area contributed by atoms with E-state index in [2.05, 4.69) is 44.2 Å². The molecule has 0 aliphatic rings. The first kappa shape index (κ1) is 18.0. The average Bonchev–Trinajstić information content (AvgIpc) is 3.33. The van der Waals surface area contributed by atoms with Gasteiger partial charge in [-0.1, -0.05) is 51.5 Å². The molecule has 2 aromatic heterocycles. The van der Waals surface area contributed by atoms with Crippen LogP contribution in [0.1, 0.15) is 29.1 Å². The van der Waals surface area contributed by atoms with Crippen LogP contribution in [0, 0.1) is 5.82 Å². The molecule has 0 aliphatic carbocycles. The van der Waals surface area contributed by atoms with E-state index in [4.69, 9.17) is 0 Å². The Kier molecular flexibility index (Phi) is 5.13. The highest BCUT2D eigenvalue weighted by atomic mass is 79.9. The number of benzene rings is 2. The van der Waals surface area contributed by atoms with Crippen LogP contribution in [0.2, 0.25) is 0 Å². The van der Waals surface area contributed by atoms with Crippen molar-refractivity contribution in [3.8, 4) is 11.4 Å². The van der Waals surface area contributed by atoms with Gasteiger partial charge in [-0.25, -0.2) is 14.1 Å². The van der Waals surface area contributed by atoms with Crippen molar-refractivity contribution >= 4 is 27.3 Å². The van der Waals surface area contributed by atoms with Gasteiger partial charge in [0.25, 0.3) is 0 Å². The fraction of sp³-hybridized carbons (Fsp3) is 0.150. The number of nitrogens with zero attached hydrogens (tertiary/aromatic N) is 4. The zero-order valence-corrected chi connectivity index (χ0v) is 16.9. The summed E-state index contributed by atoms with van der Waals surface area (Å²) in [6.45, 7) is 2.08. The summed E-state index contributed by atoms with van der Waals surface area (Å²) >= 11 is 5.16. The number of thiazole rings is 1. The molecule has 0 aliphatic heterocycles.